The van der Waals surface area contributed by atoms with Crippen molar-refractivity contribution in [2.75, 3.05) is 26.2 Å². The van der Waals surface area contributed by atoms with Crippen molar-refractivity contribution in [1.82, 2.24) is 4.90 Å². The summed E-state index contributed by atoms with van der Waals surface area (Å²) in [4.78, 5) is 12.4. The topological polar surface area (TPSA) is 64.8 Å². The van der Waals surface area contributed by atoms with Crippen LogP contribution in [0.1, 0.15) is 13.8 Å². The molecule has 1 aromatic carbocycles. The number of nitro groups is 1. The number of morpholine rings is 1. The highest BCUT2D eigenvalue weighted by molar-refractivity contribution is 5.35. The number of nitro benzene ring substituents is 1. The van der Waals surface area contributed by atoms with Crippen LogP contribution in [0.15, 0.2) is 24.3 Å². The fourth-order valence-corrected chi connectivity index (χ4v) is 2.42. The average Bonchev–Trinajstić information content (AvgIpc) is 2.38. The molecule has 1 saturated heterocycles. The second-order valence-electron chi connectivity index (χ2n) is 5.12. The van der Waals surface area contributed by atoms with E-state index < -0.39 is 4.92 Å². The Bertz CT molecular complexity index is 439. The third kappa shape index (κ3) is 4.18. The van der Waals surface area contributed by atoms with Crippen molar-refractivity contribution < 1.29 is 14.4 Å². The largest absolute Gasteiger partial charge is 0.492 e. The molecular weight excluding hydrogens is 260 g/mol. The molecule has 6 nitrogen and oxygen atoms in total. The second kappa shape index (κ2) is 6.67. The molecule has 6 heteroatoms. The Morgan fingerprint density at radius 2 is 1.90 bits per heavy atom. The van der Waals surface area contributed by atoms with Crippen molar-refractivity contribution in [3.8, 4) is 5.75 Å². The smallest absolute Gasteiger partial charge is 0.269 e. The van der Waals surface area contributed by atoms with E-state index in [2.05, 4.69) is 18.7 Å². The van der Waals surface area contributed by atoms with Gasteiger partial charge in [-0.2, -0.15) is 0 Å². The van der Waals surface area contributed by atoms with Gasteiger partial charge in [0.25, 0.3) is 5.69 Å². The van der Waals surface area contributed by atoms with Crippen LogP contribution in [0.25, 0.3) is 0 Å². The average molecular weight is 280 g/mol. The molecular formula is C14H20N2O4. The minimum absolute atomic E-state index is 0.0770. The Hall–Kier alpha value is -1.66. The monoisotopic (exact) mass is 280 g/mol. The first-order chi connectivity index (χ1) is 9.54. The van der Waals surface area contributed by atoms with Gasteiger partial charge in [-0.3, -0.25) is 15.0 Å². The number of ether oxygens (including phenoxy) is 2. The predicted molar refractivity (Wildman–Crippen MR) is 75.0 cm³/mol. The summed E-state index contributed by atoms with van der Waals surface area (Å²) in [5.41, 5.74) is 0.0770. The number of hydrogen-bond donors (Lipinski definition) is 0. The lowest BCUT2D eigenvalue weighted by Crippen LogP contribution is -2.46. The van der Waals surface area contributed by atoms with E-state index >= 15 is 0 Å². The highest BCUT2D eigenvalue weighted by atomic mass is 16.6. The Morgan fingerprint density at radius 1 is 1.30 bits per heavy atom. The summed E-state index contributed by atoms with van der Waals surface area (Å²) in [5.74, 6) is 0.657. The van der Waals surface area contributed by atoms with E-state index in [-0.39, 0.29) is 17.9 Å². The molecule has 2 atom stereocenters. The van der Waals surface area contributed by atoms with Crippen molar-refractivity contribution in [2.45, 2.75) is 26.1 Å². The van der Waals surface area contributed by atoms with Gasteiger partial charge in [0, 0.05) is 31.8 Å². The SMILES string of the molecule is C[C@@H]1CN(CCOc2ccc([N+](=O)[O-])cc2)C[C@H](C)O1. The van der Waals surface area contributed by atoms with Crippen LogP contribution in [-0.2, 0) is 4.74 Å². The maximum absolute atomic E-state index is 10.5. The Labute approximate surface area is 118 Å². The molecule has 0 aliphatic carbocycles. The van der Waals surface area contributed by atoms with Gasteiger partial charge < -0.3 is 9.47 Å². The van der Waals surface area contributed by atoms with Crippen LogP contribution >= 0.6 is 0 Å². The van der Waals surface area contributed by atoms with Crippen LogP contribution < -0.4 is 4.74 Å². The van der Waals surface area contributed by atoms with Crippen LogP contribution in [0, 0.1) is 10.1 Å². The van der Waals surface area contributed by atoms with Crippen molar-refractivity contribution in [3.63, 3.8) is 0 Å². The minimum atomic E-state index is -0.416. The van der Waals surface area contributed by atoms with Crippen LogP contribution in [-0.4, -0.2) is 48.3 Å². The van der Waals surface area contributed by atoms with E-state index in [1.165, 1.54) is 12.1 Å². The summed E-state index contributed by atoms with van der Waals surface area (Å²) in [6.07, 6.45) is 0.497. The third-order valence-corrected chi connectivity index (χ3v) is 3.22. The maximum atomic E-state index is 10.5. The number of benzene rings is 1. The van der Waals surface area contributed by atoms with Crippen molar-refractivity contribution in [1.29, 1.82) is 0 Å². The molecule has 0 bridgehead atoms. The number of hydrogen-bond acceptors (Lipinski definition) is 5. The van der Waals surface area contributed by atoms with E-state index in [0.29, 0.717) is 12.4 Å². The second-order valence-corrected chi connectivity index (χ2v) is 5.12. The first-order valence-electron chi connectivity index (χ1n) is 6.79. The van der Waals surface area contributed by atoms with Gasteiger partial charge in [-0.1, -0.05) is 0 Å². The lowest BCUT2D eigenvalue weighted by molar-refractivity contribution is -0.384. The van der Waals surface area contributed by atoms with Crippen LogP contribution in [0.3, 0.4) is 0 Å². The normalized spacial score (nSPS) is 23.5. The lowest BCUT2D eigenvalue weighted by atomic mass is 10.2. The minimum Gasteiger partial charge on any atom is -0.492 e. The molecule has 0 aromatic heterocycles. The zero-order valence-corrected chi connectivity index (χ0v) is 11.8. The molecule has 2 rings (SSSR count). The molecule has 1 heterocycles. The van der Waals surface area contributed by atoms with Gasteiger partial charge in [0.1, 0.15) is 12.4 Å². The molecule has 0 unspecified atom stereocenters. The number of nitrogens with zero attached hydrogens (tertiary/aromatic N) is 2. The first-order valence-corrected chi connectivity index (χ1v) is 6.79. The van der Waals surface area contributed by atoms with Gasteiger partial charge in [-0.15, -0.1) is 0 Å². The van der Waals surface area contributed by atoms with E-state index in [0.717, 1.165) is 19.6 Å². The molecule has 0 amide bonds. The maximum Gasteiger partial charge on any atom is 0.269 e. The fourth-order valence-electron chi connectivity index (χ4n) is 2.42. The number of rotatable bonds is 5. The molecule has 1 aliphatic heterocycles. The van der Waals surface area contributed by atoms with Crippen molar-refractivity contribution in [2.24, 2.45) is 0 Å². The number of non-ortho nitro benzene ring substituents is 1. The Balaban J connectivity index is 1.76. The van der Waals surface area contributed by atoms with E-state index in [4.69, 9.17) is 9.47 Å². The summed E-state index contributed by atoms with van der Waals surface area (Å²) >= 11 is 0. The fraction of sp³-hybridized carbons (Fsp3) is 0.571. The van der Waals surface area contributed by atoms with Gasteiger partial charge in [0.05, 0.1) is 17.1 Å². The van der Waals surface area contributed by atoms with Crippen LogP contribution in [0.2, 0.25) is 0 Å². The molecule has 0 N–H and O–H groups in total. The van der Waals surface area contributed by atoms with Gasteiger partial charge in [0.2, 0.25) is 0 Å². The van der Waals surface area contributed by atoms with Gasteiger partial charge in [-0.25, -0.2) is 0 Å². The van der Waals surface area contributed by atoms with E-state index in [1.54, 1.807) is 12.1 Å². The first kappa shape index (κ1) is 14.7. The predicted octanol–water partition coefficient (Wildman–Crippen LogP) is 2.08. The van der Waals surface area contributed by atoms with E-state index in [1.807, 2.05) is 0 Å². The Kier molecular flexibility index (Phi) is 4.92. The molecule has 1 aliphatic rings. The van der Waals surface area contributed by atoms with E-state index in [9.17, 15) is 10.1 Å². The molecule has 20 heavy (non-hydrogen) atoms. The highest BCUT2D eigenvalue weighted by Crippen LogP contribution is 2.17. The van der Waals surface area contributed by atoms with Crippen molar-refractivity contribution >= 4 is 5.69 Å². The summed E-state index contributed by atoms with van der Waals surface area (Å²) in [6.45, 7) is 7.36. The lowest BCUT2D eigenvalue weighted by Gasteiger charge is -2.35. The van der Waals surface area contributed by atoms with Gasteiger partial charge in [0.15, 0.2) is 0 Å². The molecule has 1 fully saturated rings. The molecule has 1 aromatic rings. The molecule has 0 saturated carbocycles. The zero-order valence-electron chi connectivity index (χ0n) is 11.8. The van der Waals surface area contributed by atoms with Gasteiger partial charge >= 0.3 is 0 Å². The summed E-state index contributed by atoms with van der Waals surface area (Å²) in [7, 11) is 0. The zero-order chi connectivity index (χ0) is 14.5. The summed E-state index contributed by atoms with van der Waals surface area (Å²) < 4.78 is 11.3. The summed E-state index contributed by atoms with van der Waals surface area (Å²) in [6, 6.07) is 6.16. The molecule has 0 radical (unpaired) electrons. The van der Waals surface area contributed by atoms with Gasteiger partial charge in [-0.05, 0) is 26.0 Å². The van der Waals surface area contributed by atoms with Crippen LogP contribution in [0.5, 0.6) is 5.75 Å². The quantitative estimate of drug-likeness (QED) is 0.610. The Morgan fingerprint density at radius 3 is 2.45 bits per heavy atom. The molecule has 110 valence electrons. The van der Waals surface area contributed by atoms with Crippen molar-refractivity contribution in [3.05, 3.63) is 34.4 Å². The van der Waals surface area contributed by atoms with Crippen LogP contribution in [0.4, 0.5) is 5.69 Å². The third-order valence-electron chi connectivity index (χ3n) is 3.22. The summed E-state index contributed by atoms with van der Waals surface area (Å²) in [5, 5.41) is 10.5. The highest BCUT2D eigenvalue weighted by Gasteiger charge is 2.21. The standard InChI is InChI=1S/C14H20N2O4/c1-11-9-15(10-12(2)20-11)7-8-19-14-5-3-13(4-6-14)16(17)18/h3-6,11-12H,7-10H2,1-2H3/t11-,12+. The molecule has 0 spiro atoms.